The lowest BCUT2D eigenvalue weighted by atomic mass is 9.82. The molecule has 0 aliphatic carbocycles. The highest BCUT2D eigenvalue weighted by Crippen LogP contribution is 2.25. The Morgan fingerprint density at radius 1 is 1.27 bits per heavy atom. The van der Waals surface area contributed by atoms with Crippen LogP contribution in [0.3, 0.4) is 0 Å². The minimum absolute atomic E-state index is 0.0357. The Hall–Kier alpha value is -0.240. The van der Waals surface area contributed by atoms with Crippen LogP contribution in [-0.4, -0.2) is 18.3 Å². The minimum Gasteiger partial charge on any atom is -0.355 e. The van der Waals surface area contributed by atoms with Crippen LogP contribution in [0.15, 0.2) is 0 Å². The van der Waals surface area contributed by atoms with E-state index in [-0.39, 0.29) is 11.3 Å². The summed E-state index contributed by atoms with van der Waals surface area (Å²) < 4.78 is 0. The molecule has 0 aromatic rings. The maximum atomic E-state index is 11.7. The summed E-state index contributed by atoms with van der Waals surface area (Å²) in [4.78, 5) is 11.7. The van der Waals surface area contributed by atoms with Gasteiger partial charge in [-0.2, -0.15) is 0 Å². The van der Waals surface area contributed by atoms with Crippen LogP contribution >= 0.6 is 11.6 Å². The molecule has 0 aromatic carbocycles. The highest BCUT2D eigenvalue weighted by atomic mass is 35.5. The Labute approximate surface area is 98.8 Å². The van der Waals surface area contributed by atoms with Crippen molar-refractivity contribution in [3.63, 3.8) is 0 Å². The normalized spacial score (nSPS) is 14.9. The Morgan fingerprint density at radius 3 is 2.07 bits per heavy atom. The zero-order valence-corrected chi connectivity index (χ0v) is 11.5. The number of nitrogens with one attached hydrogen (secondary N) is 1. The van der Waals surface area contributed by atoms with Crippen molar-refractivity contribution in [1.29, 1.82) is 0 Å². The van der Waals surface area contributed by atoms with Gasteiger partial charge in [-0.15, -0.1) is 11.6 Å². The van der Waals surface area contributed by atoms with E-state index in [9.17, 15) is 4.79 Å². The smallest absolute Gasteiger partial charge is 0.226 e. The van der Waals surface area contributed by atoms with Crippen LogP contribution in [-0.2, 0) is 4.79 Å². The molecule has 1 atom stereocenters. The van der Waals surface area contributed by atoms with Gasteiger partial charge in [0.05, 0.1) is 5.41 Å². The monoisotopic (exact) mass is 233 g/mol. The molecule has 1 unspecified atom stereocenters. The molecule has 0 radical (unpaired) electrons. The van der Waals surface area contributed by atoms with Crippen LogP contribution in [0.5, 0.6) is 0 Å². The minimum atomic E-state index is -0.473. The molecule has 0 saturated carbocycles. The van der Waals surface area contributed by atoms with Crippen molar-refractivity contribution in [3.05, 3.63) is 0 Å². The third kappa shape index (κ3) is 4.87. The largest absolute Gasteiger partial charge is 0.355 e. The first-order valence-electron chi connectivity index (χ1n) is 5.45. The summed E-state index contributed by atoms with van der Waals surface area (Å²) in [5.41, 5.74) is -0.252. The molecule has 0 rings (SSSR count). The molecular formula is C12H24ClNO. The molecule has 0 bridgehead atoms. The van der Waals surface area contributed by atoms with Gasteiger partial charge in [0, 0.05) is 12.4 Å². The number of rotatable bonds is 4. The van der Waals surface area contributed by atoms with E-state index in [2.05, 4.69) is 33.0 Å². The summed E-state index contributed by atoms with van der Waals surface area (Å²) in [5.74, 6) is 0.837. The van der Waals surface area contributed by atoms with Gasteiger partial charge in [-0.25, -0.2) is 0 Å². The molecule has 90 valence electrons. The molecule has 15 heavy (non-hydrogen) atoms. The number of halogens is 1. The van der Waals surface area contributed by atoms with Crippen molar-refractivity contribution in [3.8, 4) is 0 Å². The summed E-state index contributed by atoms with van der Waals surface area (Å²) in [5, 5.41) is 2.96. The second-order valence-corrected chi connectivity index (χ2v) is 6.26. The van der Waals surface area contributed by atoms with Crippen molar-refractivity contribution in [2.24, 2.45) is 16.7 Å². The molecule has 2 nitrogen and oxygen atoms in total. The third-order valence-corrected chi connectivity index (χ3v) is 3.66. The van der Waals surface area contributed by atoms with Crippen LogP contribution in [0.4, 0.5) is 0 Å². The van der Waals surface area contributed by atoms with Gasteiger partial charge in [0.2, 0.25) is 5.91 Å². The van der Waals surface area contributed by atoms with E-state index >= 15 is 0 Å². The molecule has 3 heteroatoms. The fourth-order valence-electron chi connectivity index (χ4n) is 0.852. The van der Waals surface area contributed by atoms with Crippen molar-refractivity contribution < 1.29 is 4.79 Å². The molecular weight excluding hydrogens is 210 g/mol. The summed E-state index contributed by atoms with van der Waals surface area (Å²) in [6.45, 7) is 13.1. The summed E-state index contributed by atoms with van der Waals surface area (Å²) in [7, 11) is 0. The van der Waals surface area contributed by atoms with Crippen molar-refractivity contribution in [2.75, 3.05) is 12.4 Å². The average molecular weight is 234 g/mol. The Bertz CT molecular complexity index is 218. The molecule has 0 aliphatic heterocycles. The van der Waals surface area contributed by atoms with E-state index in [4.69, 9.17) is 11.6 Å². The Kier molecular flexibility index (Phi) is 5.12. The molecule has 1 amide bonds. The van der Waals surface area contributed by atoms with Crippen LogP contribution < -0.4 is 5.32 Å². The third-order valence-electron chi connectivity index (χ3n) is 3.00. The van der Waals surface area contributed by atoms with Crippen LogP contribution in [0, 0.1) is 16.7 Å². The number of carbonyl (C=O) groups excluding carboxylic acids is 1. The maximum absolute atomic E-state index is 11.7. The lowest BCUT2D eigenvalue weighted by Crippen LogP contribution is -2.41. The van der Waals surface area contributed by atoms with Gasteiger partial charge in [0.25, 0.3) is 0 Å². The maximum Gasteiger partial charge on any atom is 0.226 e. The zero-order chi connectivity index (χ0) is 12.3. The first-order chi connectivity index (χ1) is 6.61. The van der Waals surface area contributed by atoms with Gasteiger partial charge in [-0.3, -0.25) is 4.79 Å². The van der Waals surface area contributed by atoms with Gasteiger partial charge < -0.3 is 5.32 Å². The summed E-state index contributed by atoms with van der Waals surface area (Å²) in [6, 6.07) is 0. The van der Waals surface area contributed by atoms with Crippen LogP contribution in [0.25, 0.3) is 0 Å². The van der Waals surface area contributed by atoms with Gasteiger partial charge >= 0.3 is 0 Å². The molecule has 0 heterocycles. The van der Waals surface area contributed by atoms with Crippen LogP contribution in [0.1, 0.15) is 41.5 Å². The summed E-state index contributed by atoms with van der Waals surface area (Å²) >= 11 is 5.73. The van der Waals surface area contributed by atoms with Crippen molar-refractivity contribution in [1.82, 2.24) is 5.32 Å². The van der Waals surface area contributed by atoms with Crippen molar-refractivity contribution >= 4 is 17.5 Å². The lowest BCUT2D eigenvalue weighted by molar-refractivity contribution is -0.128. The predicted octanol–water partition coefficient (Wildman–Crippen LogP) is 3.05. The molecule has 0 saturated heterocycles. The second kappa shape index (κ2) is 5.20. The fraction of sp³-hybridized carbons (Fsp3) is 0.917. The first kappa shape index (κ1) is 14.8. The molecule has 1 N–H and O–H groups in total. The highest BCUT2D eigenvalue weighted by Gasteiger charge is 2.28. The predicted molar refractivity (Wildman–Crippen MR) is 66.1 cm³/mol. The van der Waals surface area contributed by atoms with E-state index in [0.29, 0.717) is 18.3 Å². The molecule has 0 aromatic heterocycles. The van der Waals surface area contributed by atoms with E-state index in [1.165, 1.54) is 0 Å². The van der Waals surface area contributed by atoms with Gasteiger partial charge in [-0.05, 0) is 25.2 Å². The quantitative estimate of drug-likeness (QED) is 0.743. The van der Waals surface area contributed by atoms with Crippen LogP contribution in [0.2, 0.25) is 0 Å². The van der Waals surface area contributed by atoms with E-state index < -0.39 is 5.41 Å². The van der Waals surface area contributed by atoms with E-state index in [0.717, 1.165) is 0 Å². The Morgan fingerprint density at radius 2 is 1.73 bits per heavy atom. The number of hydrogen-bond acceptors (Lipinski definition) is 1. The zero-order valence-electron chi connectivity index (χ0n) is 10.8. The van der Waals surface area contributed by atoms with E-state index in [1.807, 2.05) is 13.8 Å². The Balaban J connectivity index is 4.13. The first-order valence-corrected chi connectivity index (χ1v) is 5.99. The number of alkyl halides is 1. The molecule has 0 spiro atoms. The lowest BCUT2D eigenvalue weighted by Gasteiger charge is -2.29. The fourth-order valence-corrected chi connectivity index (χ4v) is 0.973. The summed E-state index contributed by atoms with van der Waals surface area (Å²) in [6.07, 6.45) is 0. The number of hydrogen-bond donors (Lipinski definition) is 1. The van der Waals surface area contributed by atoms with Gasteiger partial charge in [0.1, 0.15) is 0 Å². The standard InChI is InChI=1S/C12H24ClNO/c1-9(11(2,3)4)7-14-10(15)12(5,6)8-13/h9H,7-8H2,1-6H3,(H,14,15). The molecule has 0 aliphatic rings. The topological polar surface area (TPSA) is 29.1 Å². The van der Waals surface area contributed by atoms with Crippen molar-refractivity contribution in [2.45, 2.75) is 41.5 Å². The molecule has 0 fully saturated rings. The van der Waals surface area contributed by atoms with E-state index in [1.54, 1.807) is 0 Å². The average Bonchev–Trinajstić information content (AvgIpc) is 2.11. The van der Waals surface area contributed by atoms with Gasteiger partial charge in [0.15, 0.2) is 0 Å². The second-order valence-electron chi connectivity index (χ2n) is 5.99. The number of amides is 1. The number of carbonyl (C=O) groups is 1. The van der Waals surface area contributed by atoms with Gasteiger partial charge in [-0.1, -0.05) is 27.7 Å². The highest BCUT2D eigenvalue weighted by molar-refractivity contribution is 6.19. The SMILES string of the molecule is CC(CNC(=O)C(C)(C)CCl)C(C)(C)C.